The van der Waals surface area contributed by atoms with Gasteiger partial charge in [0.25, 0.3) is 5.91 Å². The van der Waals surface area contributed by atoms with Crippen LogP contribution in [0, 0.1) is 11.6 Å². The molecule has 2 rings (SSSR count). The SMILES string of the molecule is CCOc1ncc(CNC(=O)c2cc(Br)ccc2F)cc1F. The van der Waals surface area contributed by atoms with Crippen LogP contribution >= 0.6 is 15.9 Å². The molecule has 0 saturated heterocycles. The van der Waals surface area contributed by atoms with Crippen LogP contribution in [0.15, 0.2) is 34.9 Å². The normalized spacial score (nSPS) is 10.4. The molecule has 0 bridgehead atoms. The second-order valence-electron chi connectivity index (χ2n) is 4.37. The number of hydrogen-bond acceptors (Lipinski definition) is 3. The van der Waals surface area contributed by atoms with Crippen molar-refractivity contribution in [1.82, 2.24) is 10.3 Å². The Morgan fingerprint density at radius 2 is 2.09 bits per heavy atom. The highest BCUT2D eigenvalue weighted by Crippen LogP contribution is 2.17. The molecule has 4 nitrogen and oxygen atoms in total. The zero-order valence-electron chi connectivity index (χ0n) is 11.7. The summed E-state index contributed by atoms with van der Waals surface area (Å²) in [5, 5.41) is 2.51. The molecule has 1 heterocycles. The first-order chi connectivity index (χ1) is 10.5. The van der Waals surface area contributed by atoms with E-state index in [9.17, 15) is 13.6 Å². The Morgan fingerprint density at radius 1 is 1.32 bits per heavy atom. The van der Waals surface area contributed by atoms with Crippen LogP contribution in [0.25, 0.3) is 0 Å². The summed E-state index contributed by atoms with van der Waals surface area (Å²) in [7, 11) is 0. The van der Waals surface area contributed by atoms with E-state index in [0.717, 1.165) is 0 Å². The van der Waals surface area contributed by atoms with Gasteiger partial charge in [-0.2, -0.15) is 0 Å². The van der Waals surface area contributed by atoms with Gasteiger partial charge >= 0.3 is 0 Å². The van der Waals surface area contributed by atoms with Crippen molar-refractivity contribution in [3.05, 3.63) is 57.7 Å². The molecule has 0 atom stereocenters. The van der Waals surface area contributed by atoms with E-state index < -0.39 is 17.5 Å². The van der Waals surface area contributed by atoms with Crippen molar-refractivity contribution in [1.29, 1.82) is 0 Å². The number of halogens is 3. The predicted molar refractivity (Wildman–Crippen MR) is 80.6 cm³/mol. The highest BCUT2D eigenvalue weighted by Gasteiger charge is 2.12. The van der Waals surface area contributed by atoms with E-state index in [4.69, 9.17) is 4.74 Å². The first-order valence-corrected chi connectivity index (χ1v) is 7.31. The van der Waals surface area contributed by atoms with Crippen molar-refractivity contribution < 1.29 is 18.3 Å². The highest BCUT2D eigenvalue weighted by molar-refractivity contribution is 9.10. The van der Waals surface area contributed by atoms with Gasteiger partial charge < -0.3 is 10.1 Å². The van der Waals surface area contributed by atoms with Gasteiger partial charge in [-0.15, -0.1) is 0 Å². The molecule has 0 spiro atoms. The summed E-state index contributed by atoms with van der Waals surface area (Å²) >= 11 is 3.17. The molecule has 1 amide bonds. The lowest BCUT2D eigenvalue weighted by atomic mass is 10.2. The van der Waals surface area contributed by atoms with E-state index in [1.807, 2.05) is 0 Å². The van der Waals surface area contributed by atoms with E-state index in [-0.39, 0.29) is 18.0 Å². The summed E-state index contributed by atoms with van der Waals surface area (Å²) in [5.41, 5.74) is 0.360. The van der Waals surface area contributed by atoms with Crippen LogP contribution in [0.5, 0.6) is 5.88 Å². The molecule has 0 aliphatic carbocycles. The standard InChI is InChI=1S/C15H13BrF2N2O2/c1-2-22-15-13(18)5-9(8-20-15)7-19-14(21)11-6-10(16)3-4-12(11)17/h3-6,8H,2,7H2,1H3,(H,19,21). The molecule has 1 aromatic heterocycles. The highest BCUT2D eigenvalue weighted by atomic mass is 79.9. The van der Waals surface area contributed by atoms with E-state index in [1.54, 1.807) is 6.92 Å². The minimum absolute atomic E-state index is 0.0289. The number of amides is 1. The maximum atomic E-state index is 13.6. The number of carbonyl (C=O) groups is 1. The lowest BCUT2D eigenvalue weighted by Gasteiger charge is -2.08. The minimum atomic E-state index is -0.628. The lowest BCUT2D eigenvalue weighted by Crippen LogP contribution is -2.24. The van der Waals surface area contributed by atoms with E-state index in [0.29, 0.717) is 16.6 Å². The fraction of sp³-hybridized carbons (Fsp3) is 0.200. The molecule has 22 heavy (non-hydrogen) atoms. The summed E-state index contributed by atoms with van der Waals surface area (Å²) in [4.78, 5) is 15.8. The number of ether oxygens (including phenoxy) is 1. The summed E-state index contributed by atoms with van der Waals surface area (Å²) in [5.74, 6) is -1.91. The van der Waals surface area contributed by atoms with Gasteiger partial charge in [0, 0.05) is 17.2 Å². The molecule has 0 aliphatic rings. The number of hydrogen-bond donors (Lipinski definition) is 1. The fourth-order valence-corrected chi connectivity index (χ4v) is 2.11. The molecule has 1 aromatic carbocycles. The van der Waals surface area contributed by atoms with Crippen LogP contribution in [0.2, 0.25) is 0 Å². The molecule has 0 fully saturated rings. The third-order valence-corrected chi connectivity index (χ3v) is 3.26. The molecule has 0 unspecified atom stereocenters. The summed E-state index contributed by atoms with van der Waals surface area (Å²) in [6.07, 6.45) is 1.39. The summed E-state index contributed by atoms with van der Waals surface area (Å²) < 4.78 is 32.8. The van der Waals surface area contributed by atoms with Crippen LogP contribution in [-0.4, -0.2) is 17.5 Å². The van der Waals surface area contributed by atoms with Gasteiger partial charge in [0.2, 0.25) is 5.88 Å². The number of nitrogens with one attached hydrogen (secondary N) is 1. The molecule has 0 radical (unpaired) electrons. The number of nitrogens with zero attached hydrogens (tertiary/aromatic N) is 1. The Balaban J connectivity index is 2.05. The van der Waals surface area contributed by atoms with Crippen LogP contribution in [0.3, 0.4) is 0 Å². The Bertz CT molecular complexity index is 695. The Labute approximate surface area is 134 Å². The molecule has 116 valence electrons. The third-order valence-electron chi connectivity index (χ3n) is 2.77. The number of benzene rings is 1. The number of rotatable bonds is 5. The van der Waals surface area contributed by atoms with Crippen molar-refractivity contribution >= 4 is 21.8 Å². The molecule has 1 N–H and O–H groups in total. The monoisotopic (exact) mass is 370 g/mol. The Kier molecular flexibility index (Phi) is 5.43. The maximum Gasteiger partial charge on any atom is 0.254 e. The van der Waals surface area contributed by atoms with Crippen LogP contribution < -0.4 is 10.1 Å². The first kappa shape index (κ1) is 16.4. The molecule has 2 aromatic rings. The van der Waals surface area contributed by atoms with Gasteiger partial charge in [-0.05, 0) is 36.8 Å². The average Bonchev–Trinajstić information content (AvgIpc) is 2.50. The number of pyridine rings is 1. The van der Waals surface area contributed by atoms with Crippen molar-refractivity contribution in [2.45, 2.75) is 13.5 Å². The second-order valence-corrected chi connectivity index (χ2v) is 5.29. The molecule has 7 heteroatoms. The third kappa shape index (κ3) is 4.00. The van der Waals surface area contributed by atoms with Gasteiger partial charge in [0.15, 0.2) is 5.82 Å². The largest absolute Gasteiger partial charge is 0.476 e. The predicted octanol–water partition coefficient (Wildman–Crippen LogP) is 3.45. The smallest absolute Gasteiger partial charge is 0.254 e. The summed E-state index contributed by atoms with van der Waals surface area (Å²) in [6, 6.07) is 5.28. The minimum Gasteiger partial charge on any atom is -0.476 e. The van der Waals surface area contributed by atoms with Crippen molar-refractivity contribution in [3.63, 3.8) is 0 Å². The Hall–Kier alpha value is -2.02. The zero-order valence-corrected chi connectivity index (χ0v) is 13.3. The second kappa shape index (κ2) is 7.31. The first-order valence-electron chi connectivity index (χ1n) is 6.51. The van der Waals surface area contributed by atoms with E-state index >= 15 is 0 Å². The topological polar surface area (TPSA) is 51.2 Å². The molecular weight excluding hydrogens is 358 g/mol. The number of aromatic nitrogens is 1. The van der Waals surface area contributed by atoms with Gasteiger partial charge in [0.1, 0.15) is 5.82 Å². The van der Waals surface area contributed by atoms with Gasteiger partial charge in [-0.25, -0.2) is 13.8 Å². The van der Waals surface area contributed by atoms with Crippen molar-refractivity contribution in [3.8, 4) is 5.88 Å². The van der Waals surface area contributed by atoms with Gasteiger partial charge in [-0.1, -0.05) is 15.9 Å². The van der Waals surface area contributed by atoms with Crippen molar-refractivity contribution in [2.75, 3.05) is 6.61 Å². The molecule has 0 saturated carbocycles. The van der Waals surface area contributed by atoms with Gasteiger partial charge in [0.05, 0.1) is 12.2 Å². The summed E-state index contributed by atoms with van der Waals surface area (Å²) in [6.45, 7) is 2.06. The average molecular weight is 371 g/mol. The van der Waals surface area contributed by atoms with Crippen LogP contribution in [-0.2, 0) is 6.54 Å². The maximum absolute atomic E-state index is 13.6. The lowest BCUT2D eigenvalue weighted by molar-refractivity contribution is 0.0946. The molecule has 0 aliphatic heterocycles. The number of carbonyl (C=O) groups excluding carboxylic acids is 1. The fourth-order valence-electron chi connectivity index (χ4n) is 1.75. The molecular formula is C15H13BrF2N2O2. The zero-order chi connectivity index (χ0) is 16.1. The van der Waals surface area contributed by atoms with E-state index in [2.05, 4.69) is 26.2 Å². The van der Waals surface area contributed by atoms with E-state index in [1.165, 1.54) is 30.5 Å². The van der Waals surface area contributed by atoms with Crippen LogP contribution in [0.4, 0.5) is 8.78 Å². The van der Waals surface area contributed by atoms with Crippen LogP contribution in [0.1, 0.15) is 22.8 Å². The van der Waals surface area contributed by atoms with Gasteiger partial charge in [-0.3, -0.25) is 4.79 Å². The Morgan fingerprint density at radius 3 is 2.77 bits per heavy atom. The quantitative estimate of drug-likeness (QED) is 0.876. The van der Waals surface area contributed by atoms with Crippen molar-refractivity contribution in [2.24, 2.45) is 0 Å².